The van der Waals surface area contributed by atoms with E-state index in [1.54, 1.807) is 31.2 Å². The second-order valence-corrected chi connectivity index (χ2v) is 4.76. The lowest BCUT2D eigenvalue weighted by Gasteiger charge is -2.07. The largest absolute Gasteiger partial charge is 0.481 e. The summed E-state index contributed by atoms with van der Waals surface area (Å²) < 4.78 is 0. The van der Waals surface area contributed by atoms with Crippen molar-refractivity contribution in [1.82, 2.24) is 0 Å². The van der Waals surface area contributed by atoms with E-state index < -0.39 is 17.9 Å². The summed E-state index contributed by atoms with van der Waals surface area (Å²) in [6.07, 6.45) is 0.851. The number of carbonyl (C=O) groups is 3. The Morgan fingerprint density at radius 3 is 2.15 bits per heavy atom. The second kappa shape index (κ2) is 7.43. The molecule has 20 heavy (non-hydrogen) atoms. The molecule has 0 heterocycles. The Morgan fingerprint density at radius 2 is 1.65 bits per heavy atom. The smallest absolute Gasteiger partial charge is 0.310 e. The van der Waals surface area contributed by atoms with Crippen LogP contribution in [0.3, 0.4) is 0 Å². The van der Waals surface area contributed by atoms with Gasteiger partial charge in [0.05, 0.1) is 5.92 Å². The van der Waals surface area contributed by atoms with Crippen molar-refractivity contribution in [2.24, 2.45) is 0 Å². The minimum Gasteiger partial charge on any atom is -0.481 e. The molecule has 0 saturated carbocycles. The highest BCUT2D eigenvalue weighted by atomic mass is 16.4. The third-order valence-electron chi connectivity index (χ3n) is 3.10. The fourth-order valence-electron chi connectivity index (χ4n) is 1.82. The van der Waals surface area contributed by atoms with E-state index in [0.29, 0.717) is 12.0 Å². The molecule has 0 amide bonds. The van der Waals surface area contributed by atoms with Crippen molar-refractivity contribution in [3.8, 4) is 0 Å². The molecule has 0 spiro atoms. The van der Waals surface area contributed by atoms with Crippen LogP contribution in [0.15, 0.2) is 24.3 Å². The molecule has 0 aliphatic heterocycles. The fourth-order valence-corrected chi connectivity index (χ4v) is 1.82. The Kier molecular flexibility index (Phi) is 5.90. The highest BCUT2D eigenvalue weighted by Gasteiger charge is 2.13. The third kappa shape index (κ3) is 5.22. The maximum Gasteiger partial charge on any atom is 0.310 e. The van der Waals surface area contributed by atoms with Gasteiger partial charge in [-0.2, -0.15) is 0 Å². The maximum atomic E-state index is 11.6. The number of hydrogen-bond donors (Lipinski definition) is 2. The van der Waals surface area contributed by atoms with Gasteiger partial charge in [-0.15, -0.1) is 0 Å². The molecule has 108 valence electrons. The molecule has 0 bridgehead atoms. The summed E-state index contributed by atoms with van der Waals surface area (Å²) in [6.45, 7) is 1.61. The van der Waals surface area contributed by atoms with E-state index in [1.165, 1.54) is 0 Å². The van der Waals surface area contributed by atoms with E-state index in [2.05, 4.69) is 0 Å². The predicted molar refractivity (Wildman–Crippen MR) is 72.7 cm³/mol. The first kappa shape index (κ1) is 15.9. The van der Waals surface area contributed by atoms with Crippen molar-refractivity contribution in [1.29, 1.82) is 0 Å². The number of aliphatic carboxylic acids is 2. The summed E-state index contributed by atoms with van der Waals surface area (Å²) in [6, 6.07) is 6.89. The second-order valence-electron chi connectivity index (χ2n) is 4.76. The van der Waals surface area contributed by atoms with E-state index in [9.17, 15) is 14.4 Å². The maximum absolute atomic E-state index is 11.6. The third-order valence-corrected chi connectivity index (χ3v) is 3.10. The van der Waals surface area contributed by atoms with Crippen LogP contribution in [0.5, 0.6) is 0 Å². The Labute approximate surface area is 117 Å². The zero-order valence-electron chi connectivity index (χ0n) is 11.3. The first-order valence-electron chi connectivity index (χ1n) is 6.45. The van der Waals surface area contributed by atoms with Crippen LogP contribution in [0.4, 0.5) is 0 Å². The monoisotopic (exact) mass is 278 g/mol. The minimum absolute atomic E-state index is 0.000798. The predicted octanol–water partition coefficient (Wildman–Crippen LogP) is 2.24. The van der Waals surface area contributed by atoms with Crippen LogP contribution in [-0.2, 0) is 20.8 Å². The van der Waals surface area contributed by atoms with Gasteiger partial charge in [0.15, 0.2) is 0 Å². The van der Waals surface area contributed by atoms with E-state index >= 15 is 0 Å². The quantitative estimate of drug-likeness (QED) is 0.760. The highest BCUT2D eigenvalue weighted by Crippen LogP contribution is 2.16. The molecule has 0 aromatic heterocycles. The highest BCUT2D eigenvalue weighted by molar-refractivity contribution is 5.81. The number of Topliss-reactive ketones (excluding diaryl/α,β-unsaturated/α-hetero) is 1. The lowest BCUT2D eigenvalue weighted by Crippen LogP contribution is -2.08. The molecule has 1 atom stereocenters. The summed E-state index contributed by atoms with van der Waals surface area (Å²) in [7, 11) is 0. The number of carboxylic acid groups (broad SMARTS) is 2. The van der Waals surface area contributed by atoms with E-state index in [0.717, 1.165) is 5.56 Å². The van der Waals surface area contributed by atoms with Gasteiger partial charge in [-0.1, -0.05) is 24.3 Å². The summed E-state index contributed by atoms with van der Waals surface area (Å²) in [5, 5.41) is 17.4. The number of carboxylic acids is 2. The van der Waals surface area contributed by atoms with Crippen molar-refractivity contribution < 1.29 is 24.6 Å². The fraction of sp³-hybridized carbons (Fsp3) is 0.400. The zero-order valence-corrected chi connectivity index (χ0v) is 11.3. The molecular weight excluding hydrogens is 260 g/mol. The van der Waals surface area contributed by atoms with Crippen molar-refractivity contribution in [3.63, 3.8) is 0 Å². The lowest BCUT2D eigenvalue weighted by atomic mass is 9.98. The van der Waals surface area contributed by atoms with E-state index in [1.807, 2.05) is 0 Å². The van der Waals surface area contributed by atoms with Gasteiger partial charge in [0.25, 0.3) is 0 Å². The van der Waals surface area contributed by atoms with Crippen LogP contribution in [0.25, 0.3) is 0 Å². The molecule has 5 heteroatoms. The number of hydrogen-bond acceptors (Lipinski definition) is 3. The summed E-state index contributed by atoms with van der Waals surface area (Å²) in [4.78, 5) is 32.8. The van der Waals surface area contributed by atoms with Gasteiger partial charge in [-0.25, -0.2) is 0 Å². The van der Waals surface area contributed by atoms with Gasteiger partial charge in [-0.05, 0) is 24.5 Å². The molecule has 2 N–H and O–H groups in total. The molecule has 1 unspecified atom stereocenters. The van der Waals surface area contributed by atoms with Crippen LogP contribution in [-0.4, -0.2) is 27.9 Å². The van der Waals surface area contributed by atoms with Crippen LogP contribution < -0.4 is 0 Å². The molecular formula is C15H18O5. The Bertz CT molecular complexity index is 489. The molecule has 0 radical (unpaired) electrons. The Hall–Kier alpha value is -2.17. The van der Waals surface area contributed by atoms with Crippen molar-refractivity contribution in [2.75, 3.05) is 0 Å². The van der Waals surface area contributed by atoms with Crippen LogP contribution >= 0.6 is 0 Å². The summed E-state index contributed by atoms with van der Waals surface area (Å²) in [5.74, 6) is -2.37. The van der Waals surface area contributed by atoms with Gasteiger partial charge in [0.2, 0.25) is 0 Å². The topological polar surface area (TPSA) is 91.7 Å². The van der Waals surface area contributed by atoms with Gasteiger partial charge in [0, 0.05) is 19.3 Å². The Morgan fingerprint density at radius 1 is 1.05 bits per heavy atom. The average Bonchev–Trinajstić information content (AvgIpc) is 2.38. The molecule has 0 saturated heterocycles. The van der Waals surface area contributed by atoms with Gasteiger partial charge >= 0.3 is 11.9 Å². The lowest BCUT2D eigenvalue weighted by molar-refractivity contribution is -0.139. The normalized spacial score (nSPS) is 11.8. The molecule has 1 aromatic rings. The summed E-state index contributed by atoms with van der Waals surface area (Å²) >= 11 is 0. The molecule has 5 nitrogen and oxygen atoms in total. The Balaban J connectivity index is 2.51. The number of benzene rings is 1. The standard InChI is InChI=1S/C15H18O5/c1-10(15(19)20)12-7-5-11(6-8-12)9-13(16)3-2-4-14(17)18/h5-8,10H,2-4,9H2,1H3,(H,17,18)(H,19,20). The molecule has 1 aromatic carbocycles. The first-order valence-corrected chi connectivity index (χ1v) is 6.45. The van der Waals surface area contributed by atoms with E-state index in [4.69, 9.17) is 10.2 Å². The van der Waals surface area contributed by atoms with Crippen molar-refractivity contribution in [3.05, 3.63) is 35.4 Å². The zero-order chi connectivity index (χ0) is 15.1. The molecule has 1 rings (SSSR count). The summed E-state index contributed by atoms with van der Waals surface area (Å²) in [5.41, 5.74) is 1.51. The van der Waals surface area contributed by atoms with Crippen molar-refractivity contribution >= 4 is 17.7 Å². The van der Waals surface area contributed by atoms with Crippen molar-refractivity contribution in [2.45, 2.75) is 38.5 Å². The van der Waals surface area contributed by atoms with Gasteiger partial charge in [-0.3, -0.25) is 14.4 Å². The number of ketones is 1. The molecule has 0 fully saturated rings. The van der Waals surface area contributed by atoms with Gasteiger partial charge in [0.1, 0.15) is 5.78 Å². The van der Waals surface area contributed by atoms with Crippen LogP contribution in [0.1, 0.15) is 43.2 Å². The van der Waals surface area contributed by atoms with Crippen LogP contribution in [0.2, 0.25) is 0 Å². The average molecular weight is 278 g/mol. The first-order chi connectivity index (χ1) is 9.40. The number of carbonyl (C=O) groups excluding carboxylic acids is 1. The minimum atomic E-state index is -0.898. The SMILES string of the molecule is CC(C(=O)O)c1ccc(CC(=O)CCCC(=O)O)cc1. The van der Waals surface area contributed by atoms with Crippen LogP contribution in [0, 0.1) is 0 Å². The number of rotatable bonds is 8. The van der Waals surface area contributed by atoms with Gasteiger partial charge < -0.3 is 10.2 Å². The molecule has 0 aliphatic carbocycles. The van der Waals surface area contributed by atoms with E-state index in [-0.39, 0.29) is 25.0 Å². The molecule has 0 aliphatic rings.